The molecule has 4 rings (SSSR count). The largest absolute Gasteiger partial charge is 0.457 e. The van der Waals surface area contributed by atoms with Gasteiger partial charge in [0.1, 0.15) is 6.61 Å². The Morgan fingerprint density at radius 2 is 1.73 bits per heavy atom. The first kappa shape index (κ1) is 16.5. The molecule has 0 radical (unpaired) electrons. The van der Waals surface area contributed by atoms with Gasteiger partial charge in [0.25, 0.3) is 0 Å². The van der Waals surface area contributed by atoms with Crippen molar-refractivity contribution < 1.29 is 9.53 Å². The maximum absolute atomic E-state index is 12.6. The molecular formula is C21H18N2O2S. The molecule has 4 aromatic rings. The lowest BCUT2D eigenvalue weighted by Gasteiger charge is -2.08. The van der Waals surface area contributed by atoms with Gasteiger partial charge in [-0.1, -0.05) is 36.4 Å². The number of rotatable bonds is 4. The van der Waals surface area contributed by atoms with Crippen molar-refractivity contribution in [2.75, 3.05) is 0 Å². The van der Waals surface area contributed by atoms with Crippen molar-refractivity contribution in [3.05, 3.63) is 83.2 Å². The number of esters is 1. The zero-order chi connectivity index (χ0) is 18.1. The van der Waals surface area contributed by atoms with Crippen LogP contribution in [-0.4, -0.2) is 14.9 Å². The van der Waals surface area contributed by atoms with Gasteiger partial charge in [0.2, 0.25) is 0 Å². The van der Waals surface area contributed by atoms with Crippen molar-refractivity contribution in [2.45, 2.75) is 20.5 Å². The van der Waals surface area contributed by atoms with Gasteiger partial charge < -0.3 is 9.30 Å². The van der Waals surface area contributed by atoms with Crippen LogP contribution in [0.5, 0.6) is 0 Å². The number of carbonyl (C=O) groups is 1. The highest BCUT2D eigenvalue weighted by Gasteiger charge is 2.18. The first-order valence-corrected chi connectivity index (χ1v) is 9.17. The third kappa shape index (κ3) is 2.91. The molecule has 26 heavy (non-hydrogen) atoms. The Hall–Kier alpha value is -2.92. The number of hydrogen-bond donors (Lipinski definition) is 0. The lowest BCUT2D eigenvalue weighted by molar-refractivity contribution is 0.0475. The highest BCUT2D eigenvalue weighted by Crippen LogP contribution is 2.31. The minimum absolute atomic E-state index is 0.261. The average Bonchev–Trinajstić information content (AvgIpc) is 3.23. The van der Waals surface area contributed by atoms with Gasteiger partial charge >= 0.3 is 5.97 Å². The van der Waals surface area contributed by atoms with Crippen LogP contribution in [0.2, 0.25) is 0 Å². The molecule has 0 amide bonds. The van der Waals surface area contributed by atoms with Crippen LogP contribution >= 0.6 is 11.5 Å². The number of carbonyl (C=O) groups excluding carboxylic acids is 1. The molecular weight excluding hydrogens is 344 g/mol. The van der Waals surface area contributed by atoms with Crippen LogP contribution in [0.15, 0.2) is 60.7 Å². The van der Waals surface area contributed by atoms with Crippen molar-refractivity contribution in [3.63, 3.8) is 0 Å². The molecule has 0 N–H and O–H groups in total. The molecule has 0 atom stereocenters. The second-order valence-electron chi connectivity index (χ2n) is 6.20. The molecule has 0 saturated heterocycles. The van der Waals surface area contributed by atoms with E-state index in [-0.39, 0.29) is 12.6 Å². The molecule has 0 fully saturated rings. The van der Waals surface area contributed by atoms with Crippen LogP contribution in [0.25, 0.3) is 15.9 Å². The van der Waals surface area contributed by atoms with Crippen LogP contribution in [0.4, 0.5) is 0 Å². The lowest BCUT2D eigenvalue weighted by Crippen LogP contribution is -2.05. The molecule has 4 nitrogen and oxygen atoms in total. The molecule has 2 aromatic heterocycles. The third-order valence-electron chi connectivity index (χ3n) is 4.39. The molecule has 0 bridgehead atoms. The fourth-order valence-electron chi connectivity index (χ4n) is 3.07. The molecule has 130 valence electrons. The van der Waals surface area contributed by atoms with Gasteiger partial charge in [-0.15, -0.1) is 0 Å². The van der Waals surface area contributed by atoms with Crippen LogP contribution < -0.4 is 0 Å². The van der Waals surface area contributed by atoms with Gasteiger partial charge in [0.15, 0.2) is 5.82 Å². The van der Waals surface area contributed by atoms with E-state index in [4.69, 9.17) is 4.74 Å². The molecule has 0 aliphatic carbocycles. The maximum Gasteiger partial charge on any atom is 0.339 e. The summed E-state index contributed by atoms with van der Waals surface area (Å²) in [5.41, 5.74) is 3.76. The normalized spacial score (nSPS) is 11.0. The van der Waals surface area contributed by atoms with Crippen molar-refractivity contribution in [1.29, 1.82) is 0 Å². The van der Waals surface area contributed by atoms with E-state index in [1.807, 2.05) is 42.5 Å². The second-order valence-corrected chi connectivity index (χ2v) is 6.98. The fraction of sp³-hybridized carbons (Fsp3) is 0.143. The summed E-state index contributed by atoms with van der Waals surface area (Å²) in [5, 5.41) is 0.964. The zero-order valence-electron chi connectivity index (χ0n) is 14.6. The quantitative estimate of drug-likeness (QED) is 0.477. The number of fused-ring (bicyclic) bond motifs is 1. The van der Waals surface area contributed by atoms with Crippen molar-refractivity contribution in [1.82, 2.24) is 8.94 Å². The molecule has 0 aliphatic rings. The number of benzene rings is 2. The first-order chi connectivity index (χ1) is 12.6. The Balaban J connectivity index is 1.68. The van der Waals surface area contributed by atoms with E-state index in [1.54, 1.807) is 6.07 Å². The zero-order valence-corrected chi connectivity index (χ0v) is 15.4. The average molecular weight is 362 g/mol. The highest BCUT2D eigenvalue weighted by molar-refractivity contribution is 7.14. The predicted molar refractivity (Wildman–Crippen MR) is 104 cm³/mol. The number of aromatic nitrogens is 2. The van der Waals surface area contributed by atoms with Crippen molar-refractivity contribution >= 4 is 27.6 Å². The van der Waals surface area contributed by atoms with Gasteiger partial charge in [0.05, 0.1) is 10.3 Å². The molecule has 5 heteroatoms. The smallest absolute Gasteiger partial charge is 0.339 e. The minimum atomic E-state index is -0.324. The summed E-state index contributed by atoms with van der Waals surface area (Å²) in [4.78, 5) is 12.6. The summed E-state index contributed by atoms with van der Waals surface area (Å²) in [6.07, 6.45) is 0. The van der Waals surface area contributed by atoms with E-state index >= 15 is 0 Å². The Bertz CT molecular complexity index is 1060. The molecule has 0 spiro atoms. The number of ether oxygens (including phenoxy) is 1. The second kappa shape index (κ2) is 6.77. The van der Waals surface area contributed by atoms with Crippen LogP contribution in [0.1, 0.15) is 27.3 Å². The Morgan fingerprint density at radius 1 is 1.00 bits per heavy atom. The van der Waals surface area contributed by atoms with Crippen LogP contribution in [0.3, 0.4) is 0 Å². The van der Waals surface area contributed by atoms with E-state index in [9.17, 15) is 4.79 Å². The van der Waals surface area contributed by atoms with Gasteiger partial charge in [-0.3, -0.25) is 0 Å². The minimum Gasteiger partial charge on any atom is -0.457 e. The van der Waals surface area contributed by atoms with E-state index in [2.05, 4.69) is 34.9 Å². The Labute approximate surface area is 155 Å². The summed E-state index contributed by atoms with van der Waals surface area (Å²) in [6, 6.07) is 19.5. The number of nitrogens with zero attached hydrogens (tertiary/aromatic N) is 2. The summed E-state index contributed by atoms with van der Waals surface area (Å²) < 4.78 is 13.1. The molecule has 0 saturated carbocycles. The first-order valence-electron chi connectivity index (χ1n) is 8.40. The predicted octanol–water partition coefficient (Wildman–Crippen LogP) is 5.06. The highest BCUT2D eigenvalue weighted by atomic mass is 32.1. The Morgan fingerprint density at radius 3 is 2.46 bits per heavy atom. The standard InChI is InChI=1S/C21H18N2O2S/c1-14-11-12-15(2)23(14)20-17-9-6-10-18(19(17)26-22-20)21(24)25-13-16-7-4-3-5-8-16/h3-12H,13H2,1-2H3. The topological polar surface area (TPSA) is 44.1 Å². The molecule has 0 aliphatic heterocycles. The molecule has 2 aromatic carbocycles. The van der Waals surface area contributed by atoms with E-state index in [0.717, 1.165) is 32.9 Å². The maximum atomic E-state index is 12.6. The van der Waals surface area contributed by atoms with Crippen LogP contribution in [0, 0.1) is 13.8 Å². The molecule has 2 heterocycles. The summed E-state index contributed by atoms with van der Waals surface area (Å²) in [6.45, 7) is 4.36. The van der Waals surface area contributed by atoms with E-state index in [0.29, 0.717) is 5.56 Å². The summed E-state index contributed by atoms with van der Waals surface area (Å²) >= 11 is 1.33. The van der Waals surface area contributed by atoms with E-state index < -0.39 is 0 Å². The lowest BCUT2D eigenvalue weighted by atomic mass is 10.1. The van der Waals surface area contributed by atoms with Gasteiger partial charge in [-0.2, -0.15) is 4.37 Å². The third-order valence-corrected chi connectivity index (χ3v) is 5.28. The summed E-state index contributed by atoms with van der Waals surface area (Å²) in [5.74, 6) is 0.540. The Kier molecular flexibility index (Phi) is 4.31. The van der Waals surface area contributed by atoms with Gasteiger partial charge in [0, 0.05) is 16.8 Å². The number of aryl methyl sites for hydroxylation is 2. The van der Waals surface area contributed by atoms with Crippen LogP contribution in [-0.2, 0) is 11.3 Å². The van der Waals surface area contributed by atoms with Gasteiger partial charge in [-0.05, 0) is 55.2 Å². The summed E-state index contributed by atoms with van der Waals surface area (Å²) in [7, 11) is 0. The van der Waals surface area contributed by atoms with Crippen molar-refractivity contribution in [2.24, 2.45) is 0 Å². The SMILES string of the molecule is Cc1ccc(C)n1-c1nsc2c(C(=O)OCc3ccccc3)cccc12. The monoisotopic (exact) mass is 362 g/mol. The fourth-order valence-corrected chi connectivity index (χ4v) is 3.94. The molecule has 0 unspecified atom stereocenters. The van der Waals surface area contributed by atoms with Crippen molar-refractivity contribution in [3.8, 4) is 5.82 Å². The van der Waals surface area contributed by atoms with E-state index in [1.165, 1.54) is 11.5 Å². The van der Waals surface area contributed by atoms with Gasteiger partial charge in [-0.25, -0.2) is 4.79 Å². The number of hydrogen-bond acceptors (Lipinski definition) is 4.